The fourth-order valence-electron chi connectivity index (χ4n) is 5.95. The summed E-state index contributed by atoms with van der Waals surface area (Å²) in [4.78, 5) is 26.8. The number of carbonyl (C=O) groups is 1. The first-order chi connectivity index (χ1) is 16.2. The maximum Gasteiger partial charge on any atom is 0.231 e. The van der Waals surface area contributed by atoms with Crippen LogP contribution in [0.3, 0.4) is 0 Å². The number of benzene rings is 1. The zero-order valence-corrected chi connectivity index (χ0v) is 22.6. The van der Waals surface area contributed by atoms with Crippen LogP contribution in [-0.4, -0.2) is 63.6 Å². The summed E-state index contributed by atoms with van der Waals surface area (Å²) in [5.74, 6) is 0.406. The van der Waals surface area contributed by atoms with E-state index in [4.69, 9.17) is 0 Å². The third-order valence-electron chi connectivity index (χ3n) is 7.70. The smallest absolute Gasteiger partial charge is 0.231 e. The predicted molar refractivity (Wildman–Crippen MR) is 143 cm³/mol. The number of carbonyl (C=O) groups excluding carboxylic acids is 1. The number of hydrogen-bond acceptors (Lipinski definition) is 6. The second-order valence-electron chi connectivity index (χ2n) is 10.7. The van der Waals surface area contributed by atoms with Gasteiger partial charge >= 0.3 is 0 Å². The second-order valence-corrected chi connectivity index (χ2v) is 10.7. The average Bonchev–Trinajstić information content (AvgIpc) is 3.32. The Morgan fingerprint density at radius 3 is 2.56 bits per heavy atom. The molecule has 7 nitrogen and oxygen atoms in total. The van der Waals surface area contributed by atoms with Crippen LogP contribution in [0.4, 0.5) is 10.2 Å². The van der Waals surface area contributed by atoms with Gasteiger partial charge in [0.15, 0.2) is 0 Å². The Morgan fingerprint density at radius 2 is 1.92 bits per heavy atom. The van der Waals surface area contributed by atoms with Crippen molar-refractivity contribution < 1.29 is 14.3 Å². The molecule has 2 saturated heterocycles. The van der Waals surface area contributed by atoms with Crippen LogP contribution >= 0.6 is 24.8 Å². The number of hydrogen-bond donors (Lipinski definition) is 2. The third kappa shape index (κ3) is 5.47. The van der Waals surface area contributed by atoms with E-state index < -0.39 is 12.0 Å². The summed E-state index contributed by atoms with van der Waals surface area (Å²) >= 11 is 0. The van der Waals surface area contributed by atoms with Gasteiger partial charge in [-0.25, -0.2) is 14.4 Å². The molecule has 0 bridgehead atoms. The predicted octanol–water partition coefficient (Wildman–Crippen LogP) is 3.96. The normalized spacial score (nSPS) is 25.5. The molecule has 0 spiro atoms. The van der Waals surface area contributed by atoms with E-state index in [2.05, 4.69) is 41.0 Å². The van der Waals surface area contributed by atoms with E-state index >= 15 is 0 Å². The topological polar surface area (TPSA) is 81.6 Å². The summed E-state index contributed by atoms with van der Waals surface area (Å²) in [7, 11) is 0. The van der Waals surface area contributed by atoms with Gasteiger partial charge in [0.05, 0.1) is 17.7 Å². The maximum absolute atomic E-state index is 14.1. The van der Waals surface area contributed by atoms with E-state index in [1.807, 2.05) is 11.0 Å². The molecule has 2 unspecified atom stereocenters. The van der Waals surface area contributed by atoms with Crippen LogP contribution < -0.4 is 10.2 Å². The largest absolute Gasteiger partial charge is 0.387 e. The van der Waals surface area contributed by atoms with Gasteiger partial charge in [-0.3, -0.25) is 4.79 Å². The molecule has 198 valence electrons. The van der Waals surface area contributed by atoms with Crippen molar-refractivity contribution in [3.63, 3.8) is 0 Å². The number of aromatic nitrogens is 2. The first-order valence-corrected chi connectivity index (χ1v) is 12.3. The van der Waals surface area contributed by atoms with E-state index in [9.17, 15) is 14.3 Å². The first kappa shape index (κ1) is 28.6. The molecule has 3 aliphatic rings. The highest BCUT2D eigenvalue weighted by Gasteiger charge is 2.41. The Labute approximate surface area is 224 Å². The van der Waals surface area contributed by atoms with Crippen molar-refractivity contribution in [2.24, 2.45) is 0 Å². The summed E-state index contributed by atoms with van der Waals surface area (Å²) in [6.07, 6.45) is 3.52. The van der Waals surface area contributed by atoms with Crippen LogP contribution in [-0.2, 0) is 4.79 Å². The van der Waals surface area contributed by atoms with Crippen LogP contribution in [0.25, 0.3) is 0 Å². The number of nitrogens with zero attached hydrogens (tertiary/aromatic N) is 4. The number of piperazine rings is 1. The highest BCUT2D eigenvalue weighted by atomic mass is 35.5. The van der Waals surface area contributed by atoms with Crippen LogP contribution in [0, 0.1) is 5.82 Å². The van der Waals surface area contributed by atoms with Crippen molar-refractivity contribution >= 4 is 36.5 Å². The van der Waals surface area contributed by atoms with Gasteiger partial charge in [-0.05, 0) is 56.7 Å². The first-order valence-electron chi connectivity index (χ1n) is 12.3. The molecule has 0 saturated carbocycles. The molecule has 3 heterocycles. The van der Waals surface area contributed by atoms with Crippen molar-refractivity contribution in [2.45, 2.75) is 69.6 Å². The molecular weight excluding hydrogens is 504 g/mol. The number of fused-ring (bicyclic) bond motifs is 1. The zero-order valence-electron chi connectivity index (χ0n) is 21.0. The van der Waals surface area contributed by atoms with Crippen LogP contribution in [0.5, 0.6) is 0 Å². The van der Waals surface area contributed by atoms with Gasteiger partial charge in [0.25, 0.3) is 0 Å². The molecule has 2 aliphatic heterocycles. The average molecular weight is 541 g/mol. The zero-order chi connectivity index (χ0) is 24.0. The van der Waals surface area contributed by atoms with Crippen molar-refractivity contribution in [3.05, 3.63) is 53.2 Å². The Bertz CT molecular complexity index is 1080. The lowest BCUT2D eigenvalue weighted by atomic mass is 9.88. The molecule has 2 fully saturated rings. The molecule has 1 aliphatic carbocycles. The fraction of sp³-hybridized carbons (Fsp3) is 0.577. The lowest BCUT2D eigenvalue weighted by molar-refractivity contribution is -0.133. The Kier molecular flexibility index (Phi) is 8.87. The van der Waals surface area contributed by atoms with Crippen molar-refractivity contribution in [1.29, 1.82) is 0 Å². The van der Waals surface area contributed by atoms with Gasteiger partial charge in [0.2, 0.25) is 5.91 Å². The molecule has 10 heteroatoms. The van der Waals surface area contributed by atoms with Crippen LogP contribution in [0.2, 0.25) is 0 Å². The van der Waals surface area contributed by atoms with E-state index in [1.54, 1.807) is 6.07 Å². The van der Waals surface area contributed by atoms with E-state index in [0.29, 0.717) is 32.6 Å². The van der Waals surface area contributed by atoms with Gasteiger partial charge in [-0.1, -0.05) is 19.1 Å². The number of aliphatic hydroxyl groups excluding tert-OH is 1. The van der Waals surface area contributed by atoms with Crippen LogP contribution in [0.1, 0.15) is 74.8 Å². The minimum atomic E-state index is -0.537. The molecule has 5 rings (SSSR count). The number of halogens is 3. The SMILES string of the molecule is C[C@@H]1C[C@@H](O)c2ncnc(N3CCN(C(=O)C(c4cccc(F)c4)C4CCC(C)(C)N4)CC3)c21.Cl.Cl. The molecular formula is C26H36Cl2FN5O2. The number of aliphatic hydroxyl groups is 1. The Morgan fingerprint density at radius 1 is 1.19 bits per heavy atom. The third-order valence-corrected chi connectivity index (χ3v) is 7.70. The molecule has 4 atom stereocenters. The Hall–Kier alpha value is -2.00. The van der Waals surface area contributed by atoms with Crippen molar-refractivity contribution in [2.75, 3.05) is 31.1 Å². The number of nitrogens with one attached hydrogen (secondary N) is 1. The van der Waals surface area contributed by atoms with Gasteiger partial charge in [0, 0.05) is 43.3 Å². The van der Waals surface area contributed by atoms with Crippen molar-refractivity contribution in [3.8, 4) is 0 Å². The number of rotatable bonds is 4. The summed E-state index contributed by atoms with van der Waals surface area (Å²) in [6.45, 7) is 8.89. The summed E-state index contributed by atoms with van der Waals surface area (Å²) in [5.41, 5.74) is 2.46. The van der Waals surface area contributed by atoms with Crippen LogP contribution in [0.15, 0.2) is 30.6 Å². The molecule has 1 aromatic heterocycles. The molecule has 1 amide bonds. The number of anilines is 1. The van der Waals surface area contributed by atoms with Gasteiger partial charge in [0.1, 0.15) is 18.0 Å². The maximum atomic E-state index is 14.1. The summed E-state index contributed by atoms with van der Waals surface area (Å²) in [5, 5.41) is 13.9. The minimum Gasteiger partial charge on any atom is -0.387 e. The quantitative estimate of drug-likeness (QED) is 0.611. The Balaban J connectivity index is 0.00000180. The molecule has 2 aromatic rings. The van der Waals surface area contributed by atoms with Gasteiger partial charge in [-0.15, -0.1) is 24.8 Å². The highest BCUT2D eigenvalue weighted by molar-refractivity contribution is 5.86. The number of amides is 1. The van der Waals surface area contributed by atoms with E-state index in [1.165, 1.54) is 18.5 Å². The van der Waals surface area contributed by atoms with Gasteiger partial charge in [-0.2, -0.15) is 0 Å². The molecule has 1 aromatic carbocycles. The standard InChI is InChI=1S/C26H34FN5O2.2ClH/c1-16-13-20(33)23-21(16)24(29-15-28-23)31-9-11-32(12-10-31)25(34)22(17-5-4-6-18(27)14-17)19-7-8-26(2,3)30-19;;/h4-6,14-16,19-20,22,30,33H,7-13H2,1-3H3;2*1H/t16-,19?,20-,22?;;/m1../s1. The second kappa shape index (κ2) is 11.2. The highest BCUT2D eigenvalue weighted by Crippen LogP contribution is 2.43. The molecule has 36 heavy (non-hydrogen) atoms. The summed E-state index contributed by atoms with van der Waals surface area (Å²) < 4.78 is 14.1. The van der Waals surface area contributed by atoms with Crippen molar-refractivity contribution in [1.82, 2.24) is 20.2 Å². The lowest BCUT2D eigenvalue weighted by Crippen LogP contribution is -2.53. The molecule has 0 radical (unpaired) electrons. The van der Waals surface area contributed by atoms with E-state index in [0.717, 1.165) is 35.5 Å². The minimum absolute atomic E-state index is 0. The van der Waals surface area contributed by atoms with Gasteiger partial charge < -0.3 is 20.2 Å². The summed E-state index contributed by atoms with van der Waals surface area (Å²) in [6, 6.07) is 6.46. The fourth-order valence-corrected chi connectivity index (χ4v) is 5.95. The lowest BCUT2D eigenvalue weighted by Gasteiger charge is -2.39. The van der Waals surface area contributed by atoms with E-state index in [-0.39, 0.29) is 54.0 Å². The molecule has 2 N–H and O–H groups in total. The monoisotopic (exact) mass is 539 g/mol.